The zero-order valence-electron chi connectivity index (χ0n) is 11.9. The lowest BCUT2D eigenvalue weighted by atomic mass is 10.2. The number of nitrogens with zero attached hydrogens (tertiary/aromatic N) is 1. The molecular weight excluding hydrogens is 290 g/mol. The third kappa shape index (κ3) is 5.61. The summed E-state index contributed by atoms with van der Waals surface area (Å²) in [6.07, 6.45) is 2.84. The van der Waals surface area contributed by atoms with Gasteiger partial charge in [-0.05, 0) is 29.8 Å². The molecular formula is C15H19NO4S. The molecule has 6 heteroatoms. The molecule has 2 rings (SSSR count). The van der Waals surface area contributed by atoms with E-state index in [1.54, 1.807) is 18.4 Å². The molecule has 0 bridgehead atoms. The highest BCUT2D eigenvalue weighted by Crippen LogP contribution is 2.14. The van der Waals surface area contributed by atoms with Crippen molar-refractivity contribution in [2.75, 3.05) is 18.6 Å². The second-order valence-electron chi connectivity index (χ2n) is 5.09. The standard InChI is InChI=1S/C15H19NO4S/c1-21(18,19)10-8-16(12-15-3-2-9-20-15)11-13-4-6-14(17)7-5-13/h2-7,9,17H,8,10-12H2,1H3. The topological polar surface area (TPSA) is 70.8 Å². The second kappa shape index (κ2) is 6.78. The van der Waals surface area contributed by atoms with Crippen LogP contribution in [0.1, 0.15) is 11.3 Å². The number of hydrogen-bond donors (Lipinski definition) is 1. The van der Waals surface area contributed by atoms with Crippen molar-refractivity contribution in [1.82, 2.24) is 4.90 Å². The molecule has 1 aromatic carbocycles. The van der Waals surface area contributed by atoms with Gasteiger partial charge in [-0.1, -0.05) is 12.1 Å². The summed E-state index contributed by atoms with van der Waals surface area (Å²) in [4.78, 5) is 2.01. The van der Waals surface area contributed by atoms with Crippen molar-refractivity contribution < 1.29 is 17.9 Å². The van der Waals surface area contributed by atoms with Crippen LogP contribution in [0.15, 0.2) is 47.1 Å². The lowest BCUT2D eigenvalue weighted by Gasteiger charge is -2.21. The van der Waals surface area contributed by atoms with Gasteiger partial charge in [0.1, 0.15) is 21.3 Å². The minimum absolute atomic E-state index is 0.103. The van der Waals surface area contributed by atoms with E-state index >= 15 is 0 Å². The predicted octanol–water partition coefficient (Wildman–Crippen LogP) is 2.03. The third-order valence-electron chi connectivity index (χ3n) is 3.08. The SMILES string of the molecule is CS(=O)(=O)CCN(Cc1ccc(O)cc1)Cc1ccco1. The van der Waals surface area contributed by atoms with Gasteiger partial charge in [-0.2, -0.15) is 0 Å². The van der Waals surface area contributed by atoms with Gasteiger partial charge in [0.25, 0.3) is 0 Å². The molecule has 0 saturated heterocycles. The van der Waals surface area contributed by atoms with Crippen LogP contribution in [-0.2, 0) is 22.9 Å². The van der Waals surface area contributed by atoms with Crippen molar-refractivity contribution >= 4 is 9.84 Å². The average Bonchev–Trinajstić information content (AvgIpc) is 2.91. The van der Waals surface area contributed by atoms with E-state index in [9.17, 15) is 13.5 Å². The van der Waals surface area contributed by atoms with Gasteiger partial charge in [0.2, 0.25) is 0 Å². The molecule has 2 aromatic rings. The van der Waals surface area contributed by atoms with E-state index in [1.807, 2.05) is 29.2 Å². The van der Waals surface area contributed by atoms with Crippen molar-refractivity contribution in [2.24, 2.45) is 0 Å². The average molecular weight is 309 g/mol. The molecule has 0 amide bonds. The monoisotopic (exact) mass is 309 g/mol. The zero-order valence-corrected chi connectivity index (χ0v) is 12.7. The van der Waals surface area contributed by atoms with E-state index in [2.05, 4.69) is 0 Å². The highest BCUT2D eigenvalue weighted by molar-refractivity contribution is 7.90. The molecule has 0 fully saturated rings. The first-order valence-electron chi connectivity index (χ1n) is 6.63. The van der Waals surface area contributed by atoms with Gasteiger partial charge >= 0.3 is 0 Å². The lowest BCUT2D eigenvalue weighted by molar-refractivity contribution is 0.248. The normalized spacial score (nSPS) is 11.9. The van der Waals surface area contributed by atoms with Crippen LogP contribution in [0.3, 0.4) is 0 Å². The lowest BCUT2D eigenvalue weighted by Crippen LogP contribution is -2.28. The number of aromatic hydroxyl groups is 1. The van der Waals surface area contributed by atoms with Gasteiger partial charge in [-0.3, -0.25) is 4.90 Å². The Balaban J connectivity index is 2.05. The van der Waals surface area contributed by atoms with Gasteiger partial charge in [0.05, 0.1) is 18.6 Å². The number of rotatable bonds is 7. The molecule has 0 spiro atoms. The van der Waals surface area contributed by atoms with E-state index in [1.165, 1.54) is 6.26 Å². The Morgan fingerprint density at radius 1 is 1.14 bits per heavy atom. The number of benzene rings is 1. The van der Waals surface area contributed by atoms with E-state index < -0.39 is 9.84 Å². The van der Waals surface area contributed by atoms with Gasteiger partial charge < -0.3 is 9.52 Å². The van der Waals surface area contributed by atoms with Crippen LogP contribution in [0.4, 0.5) is 0 Å². The number of hydrogen-bond acceptors (Lipinski definition) is 5. The molecule has 0 radical (unpaired) electrons. The fourth-order valence-electron chi connectivity index (χ4n) is 1.99. The largest absolute Gasteiger partial charge is 0.508 e. The van der Waals surface area contributed by atoms with Gasteiger partial charge in [0.15, 0.2) is 0 Å². The van der Waals surface area contributed by atoms with Crippen molar-refractivity contribution in [3.05, 3.63) is 54.0 Å². The molecule has 0 aliphatic heterocycles. The summed E-state index contributed by atoms with van der Waals surface area (Å²) in [7, 11) is -3.01. The maximum absolute atomic E-state index is 11.4. The minimum atomic E-state index is -3.01. The Hall–Kier alpha value is -1.79. The van der Waals surface area contributed by atoms with Crippen LogP contribution < -0.4 is 0 Å². The Labute approximate surface area is 124 Å². The molecule has 21 heavy (non-hydrogen) atoms. The highest BCUT2D eigenvalue weighted by atomic mass is 32.2. The van der Waals surface area contributed by atoms with E-state index in [0.29, 0.717) is 19.6 Å². The zero-order chi connectivity index (χ0) is 15.3. The third-order valence-corrected chi connectivity index (χ3v) is 4.00. The molecule has 0 unspecified atom stereocenters. The maximum atomic E-state index is 11.4. The van der Waals surface area contributed by atoms with Crippen LogP contribution in [0.2, 0.25) is 0 Å². The summed E-state index contributed by atoms with van der Waals surface area (Å²) < 4.78 is 28.0. The van der Waals surface area contributed by atoms with E-state index in [4.69, 9.17) is 4.42 Å². The minimum Gasteiger partial charge on any atom is -0.508 e. The summed E-state index contributed by atoms with van der Waals surface area (Å²) in [5.41, 5.74) is 1.01. The van der Waals surface area contributed by atoms with Crippen LogP contribution in [-0.4, -0.2) is 37.0 Å². The fraction of sp³-hybridized carbons (Fsp3) is 0.333. The first kappa shape index (κ1) is 15.6. The molecule has 0 atom stereocenters. The summed E-state index contributed by atoms with van der Waals surface area (Å²) in [5, 5.41) is 9.30. The van der Waals surface area contributed by atoms with Crippen molar-refractivity contribution in [3.63, 3.8) is 0 Å². The second-order valence-corrected chi connectivity index (χ2v) is 7.35. The Morgan fingerprint density at radius 2 is 1.86 bits per heavy atom. The summed E-state index contributed by atoms with van der Waals surface area (Å²) in [6.45, 7) is 1.57. The molecule has 1 aromatic heterocycles. The maximum Gasteiger partial charge on any atom is 0.148 e. The highest BCUT2D eigenvalue weighted by Gasteiger charge is 2.12. The Kier molecular flexibility index (Phi) is 5.03. The fourth-order valence-corrected chi connectivity index (χ4v) is 2.58. The molecule has 5 nitrogen and oxygen atoms in total. The van der Waals surface area contributed by atoms with Crippen LogP contribution in [0.25, 0.3) is 0 Å². The first-order valence-corrected chi connectivity index (χ1v) is 8.69. The number of sulfone groups is 1. The Morgan fingerprint density at radius 3 is 2.43 bits per heavy atom. The smallest absolute Gasteiger partial charge is 0.148 e. The van der Waals surface area contributed by atoms with Crippen molar-refractivity contribution in [1.29, 1.82) is 0 Å². The van der Waals surface area contributed by atoms with E-state index in [0.717, 1.165) is 11.3 Å². The van der Waals surface area contributed by atoms with Crippen LogP contribution in [0.5, 0.6) is 5.75 Å². The van der Waals surface area contributed by atoms with Crippen LogP contribution >= 0.6 is 0 Å². The van der Waals surface area contributed by atoms with Crippen LogP contribution in [0, 0.1) is 0 Å². The molecule has 114 valence electrons. The first-order chi connectivity index (χ1) is 9.92. The summed E-state index contributed by atoms with van der Waals surface area (Å²) >= 11 is 0. The number of furan rings is 1. The molecule has 0 aliphatic rings. The molecule has 1 heterocycles. The summed E-state index contributed by atoms with van der Waals surface area (Å²) in [6, 6.07) is 10.6. The molecule has 0 aliphatic carbocycles. The van der Waals surface area contributed by atoms with Gasteiger partial charge in [-0.25, -0.2) is 8.42 Å². The van der Waals surface area contributed by atoms with Crippen molar-refractivity contribution in [2.45, 2.75) is 13.1 Å². The molecule has 1 N–H and O–H groups in total. The van der Waals surface area contributed by atoms with Crippen molar-refractivity contribution in [3.8, 4) is 5.75 Å². The summed E-state index contributed by atoms with van der Waals surface area (Å²) in [5.74, 6) is 1.11. The predicted molar refractivity (Wildman–Crippen MR) is 80.6 cm³/mol. The molecule has 0 saturated carbocycles. The quantitative estimate of drug-likeness (QED) is 0.847. The number of phenolic OH excluding ortho intramolecular Hbond substituents is 1. The van der Waals surface area contributed by atoms with E-state index in [-0.39, 0.29) is 11.5 Å². The number of phenols is 1. The Bertz CT molecular complexity index is 647. The van der Waals surface area contributed by atoms with Gasteiger partial charge in [0, 0.05) is 19.3 Å². The van der Waals surface area contributed by atoms with Gasteiger partial charge in [-0.15, -0.1) is 0 Å².